The molecule has 0 spiro atoms. The van der Waals surface area contributed by atoms with Gasteiger partial charge >= 0.3 is 0 Å². The van der Waals surface area contributed by atoms with Crippen LogP contribution in [0.1, 0.15) is 20.3 Å². The molecule has 0 unspecified atom stereocenters. The van der Waals surface area contributed by atoms with Crippen LogP contribution in [0.3, 0.4) is 0 Å². The number of hydrogen-bond acceptors (Lipinski definition) is 3. The first-order valence-corrected chi connectivity index (χ1v) is 6.04. The van der Waals surface area contributed by atoms with Gasteiger partial charge in [-0.05, 0) is 24.3 Å². The molecule has 1 amide bonds. The van der Waals surface area contributed by atoms with E-state index in [4.69, 9.17) is 21.7 Å². The smallest absolute Gasteiger partial charge is 0.257 e. The summed E-state index contributed by atoms with van der Waals surface area (Å²) in [4.78, 5) is 17.4. The minimum absolute atomic E-state index is 0.153. The van der Waals surface area contributed by atoms with Gasteiger partial charge < -0.3 is 4.84 Å². The zero-order valence-corrected chi connectivity index (χ0v) is 11.1. The highest BCUT2D eigenvalue weighted by Crippen LogP contribution is 2.17. The van der Waals surface area contributed by atoms with Gasteiger partial charge in [-0.1, -0.05) is 25.4 Å². The molecule has 0 radical (unpaired) electrons. The number of amides is 1. The van der Waals surface area contributed by atoms with E-state index in [2.05, 4.69) is 0 Å². The first kappa shape index (κ1) is 14.3. The van der Waals surface area contributed by atoms with Crippen molar-refractivity contribution in [1.82, 2.24) is 5.06 Å². The van der Waals surface area contributed by atoms with Gasteiger partial charge in [-0.2, -0.15) is 10.3 Å². The van der Waals surface area contributed by atoms with Crippen LogP contribution in [0.25, 0.3) is 0 Å². The Morgan fingerprint density at radius 3 is 2.56 bits per heavy atom. The molecule has 0 aromatic heterocycles. The Kier molecular flexibility index (Phi) is 5.47. The summed E-state index contributed by atoms with van der Waals surface area (Å²) in [6.45, 7) is 3.82. The van der Waals surface area contributed by atoms with Crippen LogP contribution in [0.5, 0.6) is 5.75 Å². The van der Waals surface area contributed by atoms with Gasteiger partial charge in [-0.25, -0.2) is 0 Å². The van der Waals surface area contributed by atoms with Crippen LogP contribution in [0.4, 0.5) is 0 Å². The lowest BCUT2D eigenvalue weighted by molar-refractivity contribution is -0.160. The Labute approximate surface area is 112 Å². The maximum Gasteiger partial charge on any atom is 0.257 e. The fourth-order valence-electron chi connectivity index (χ4n) is 1.26. The van der Waals surface area contributed by atoms with Crippen molar-refractivity contribution < 1.29 is 9.63 Å². The minimum Gasteiger partial charge on any atom is -0.377 e. The summed E-state index contributed by atoms with van der Waals surface area (Å²) in [5, 5.41) is 10.4. The van der Waals surface area contributed by atoms with Gasteiger partial charge in [0.05, 0.1) is 19.0 Å². The molecule has 1 aromatic carbocycles. The Morgan fingerprint density at radius 2 is 2.06 bits per heavy atom. The second kappa shape index (κ2) is 6.87. The molecule has 0 saturated carbocycles. The number of nitrogens with zero attached hydrogens (tertiary/aromatic N) is 2. The van der Waals surface area contributed by atoms with E-state index in [0.717, 1.165) is 0 Å². The standard InChI is InChI=1S/C13H15ClN2O2/c1-10(2)13(17)16(9-3-8-15)18-12-6-4-11(14)5-7-12/h4-7,10H,3,9H2,1-2H3. The molecule has 0 heterocycles. The van der Waals surface area contributed by atoms with Gasteiger partial charge in [-0.15, -0.1) is 0 Å². The predicted molar refractivity (Wildman–Crippen MR) is 68.9 cm³/mol. The lowest BCUT2D eigenvalue weighted by Crippen LogP contribution is -2.37. The van der Waals surface area contributed by atoms with Crippen molar-refractivity contribution in [2.24, 2.45) is 5.92 Å². The van der Waals surface area contributed by atoms with E-state index in [9.17, 15) is 4.79 Å². The molecule has 0 aliphatic heterocycles. The quantitative estimate of drug-likeness (QED) is 0.770. The first-order chi connectivity index (χ1) is 8.54. The van der Waals surface area contributed by atoms with Crippen molar-refractivity contribution in [1.29, 1.82) is 5.26 Å². The molecule has 18 heavy (non-hydrogen) atoms. The fraction of sp³-hybridized carbons (Fsp3) is 0.385. The SMILES string of the molecule is CC(C)C(=O)N(CCC#N)Oc1ccc(Cl)cc1. The molecule has 0 atom stereocenters. The van der Waals surface area contributed by atoms with Gasteiger partial charge in [0.15, 0.2) is 5.75 Å². The molecule has 0 aliphatic rings. The average molecular weight is 267 g/mol. The third-order valence-electron chi connectivity index (χ3n) is 2.20. The van der Waals surface area contributed by atoms with E-state index in [1.807, 2.05) is 6.07 Å². The van der Waals surface area contributed by atoms with Crippen LogP contribution in [0, 0.1) is 17.2 Å². The van der Waals surface area contributed by atoms with Crippen LogP contribution in [0.15, 0.2) is 24.3 Å². The van der Waals surface area contributed by atoms with Gasteiger partial charge in [0.25, 0.3) is 5.91 Å². The molecule has 1 rings (SSSR count). The van der Waals surface area contributed by atoms with Crippen LogP contribution in [-0.2, 0) is 4.79 Å². The number of halogens is 1. The summed E-state index contributed by atoms with van der Waals surface area (Å²) in [5.41, 5.74) is 0. The molecule has 5 heteroatoms. The Balaban J connectivity index is 2.75. The van der Waals surface area contributed by atoms with Crippen LogP contribution in [0.2, 0.25) is 5.02 Å². The summed E-state index contributed by atoms with van der Waals surface area (Å²) in [5.74, 6) is 0.183. The van der Waals surface area contributed by atoms with Gasteiger partial charge in [-0.3, -0.25) is 4.79 Å². The highest BCUT2D eigenvalue weighted by atomic mass is 35.5. The first-order valence-electron chi connectivity index (χ1n) is 5.66. The highest BCUT2D eigenvalue weighted by Gasteiger charge is 2.18. The summed E-state index contributed by atoms with van der Waals surface area (Å²) < 4.78 is 0. The Bertz CT molecular complexity index is 437. The second-order valence-electron chi connectivity index (χ2n) is 4.05. The van der Waals surface area contributed by atoms with Crippen molar-refractivity contribution in [3.05, 3.63) is 29.3 Å². The van der Waals surface area contributed by atoms with E-state index in [-0.39, 0.29) is 24.8 Å². The van der Waals surface area contributed by atoms with Crippen LogP contribution in [-0.4, -0.2) is 17.5 Å². The maximum atomic E-state index is 11.9. The van der Waals surface area contributed by atoms with Crippen LogP contribution < -0.4 is 4.84 Å². The van der Waals surface area contributed by atoms with E-state index < -0.39 is 0 Å². The number of hydrogen-bond donors (Lipinski definition) is 0. The van der Waals surface area contributed by atoms with Gasteiger partial charge in [0.1, 0.15) is 0 Å². The number of benzene rings is 1. The lowest BCUT2D eigenvalue weighted by atomic mass is 10.2. The largest absolute Gasteiger partial charge is 0.377 e. The number of carbonyl (C=O) groups is 1. The number of carbonyl (C=O) groups excluding carboxylic acids is 1. The molecule has 1 aromatic rings. The molecule has 0 N–H and O–H groups in total. The Hall–Kier alpha value is -1.73. The van der Waals surface area contributed by atoms with Crippen molar-refractivity contribution in [2.75, 3.05) is 6.54 Å². The monoisotopic (exact) mass is 266 g/mol. The second-order valence-corrected chi connectivity index (χ2v) is 4.48. The van der Waals surface area contributed by atoms with Crippen molar-refractivity contribution in [3.8, 4) is 11.8 Å². The summed E-state index contributed by atoms with van der Waals surface area (Å²) in [7, 11) is 0. The molecule has 0 saturated heterocycles. The topological polar surface area (TPSA) is 53.3 Å². The average Bonchev–Trinajstić information content (AvgIpc) is 2.35. The fourth-order valence-corrected chi connectivity index (χ4v) is 1.39. The number of nitriles is 1. The minimum atomic E-state index is -0.184. The Morgan fingerprint density at radius 1 is 1.44 bits per heavy atom. The molecular weight excluding hydrogens is 252 g/mol. The van der Waals surface area contributed by atoms with Crippen molar-refractivity contribution in [3.63, 3.8) is 0 Å². The number of hydroxylamine groups is 2. The molecule has 0 bridgehead atoms. The third kappa shape index (κ3) is 4.27. The predicted octanol–water partition coefficient (Wildman–Crippen LogP) is 3.03. The van der Waals surface area contributed by atoms with E-state index in [1.54, 1.807) is 38.1 Å². The zero-order valence-electron chi connectivity index (χ0n) is 10.4. The van der Waals surface area contributed by atoms with Crippen molar-refractivity contribution in [2.45, 2.75) is 20.3 Å². The van der Waals surface area contributed by atoms with E-state index in [1.165, 1.54) is 5.06 Å². The molecular formula is C13H15ClN2O2. The molecule has 4 nitrogen and oxygen atoms in total. The third-order valence-corrected chi connectivity index (χ3v) is 2.45. The molecule has 96 valence electrons. The zero-order chi connectivity index (χ0) is 13.5. The van der Waals surface area contributed by atoms with Crippen LogP contribution >= 0.6 is 11.6 Å². The maximum absolute atomic E-state index is 11.9. The van der Waals surface area contributed by atoms with E-state index >= 15 is 0 Å². The summed E-state index contributed by atoms with van der Waals surface area (Å²) in [6, 6.07) is 8.70. The molecule has 0 fully saturated rings. The highest BCUT2D eigenvalue weighted by molar-refractivity contribution is 6.30. The van der Waals surface area contributed by atoms with E-state index in [0.29, 0.717) is 10.8 Å². The van der Waals surface area contributed by atoms with Gasteiger partial charge in [0.2, 0.25) is 0 Å². The van der Waals surface area contributed by atoms with Crippen molar-refractivity contribution >= 4 is 17.5 Å². The van der Waals surface area contributed by atoms with Gasteiger partial charge in [0, 0.05) is 10.9 Å². The summed E-state index contributed by atoms with van der Waals surface area (Å²) in [6.07, 6.45) is 0.228. The number of rotatable bonds is 5. The molecule has 0 aliphatic carbocycles. The summed E-state index contributed by atoms with van der Waals surface area (Å²) >= 11 is 5.77. The normalized spacial score (nSPS) is 9.94. The lowest BCUT2D eigenvalue weighted by Gasteiger charge is -2.23.